The van der Waals surface area contributed by atoms with Crippen molar-refractivity contribution in [2.24, 2.45) is 0 Å². The minimum atomic E-state index is -3.30. The van der Waals surface area contributed by atoms with Crippen molar-refractivity contribution in [3.05, 3.63) is 126 Å². The number of fused-ring (bicyclic) bond motifs is 3. The van der Waals surface area contributed by atoms with E-state index in [4.69, 9.17) is 86.9 Å². The van der Waals surface area contributed by atoms with Crippen LogP contribution in [0, 0.1) is 0 Å². The van der Waals surface area contributed by atoms with E-state index >= 15 is 0 Å². The average Bonchev–Trinajstić information content (AvgIpc) is 3.23. The number of nitrogen functional groups attached to an aromatic ring is 1. The minimum absolute atomic E-state index is 0.0366. The number of hydrogen-bond acceptors (Lipinski definition) is 13. The number of hydrogen-bond donors (Lipinski definition) is 3. The maximum absolute atomic E-state index is 12.3. The van der Waals surface area contributed by atoms with Gasteiger partial charge in [0, 0.05) is 15.5 Å². The lowest BCUT2D eigenvalue weighted by molar-refractivity contribution is 0.587. The Labute approximate surface area is 391 Å². The second-order valence-electron chi connectivity index (χ2n) is 12.9. The van der Waals surface area contributed by atoms with Crippen molar-refractivity contribution in [2.45, 2.75) is 53.2 Å². The lowest BCUT2D eigenvalue weighted by Crippen LogP contribution is -2.18. The van der Waals surface area contributed by atoms with Gasteiger partial charge in [-0.15, -0.1) is 23.5 Å². The van der Waals surface area contributed by atoms with E-state index in [1.807, 2.05) is 53.9 Å². The van der Waals surface area contributed by atoms with E-state index in [1.54, 1.807) is 12.1 Å². The Hall–Kier alpha value is -3.02. The van der Waals surface area contributed by atoms with Gasteiger partial charge in [-0.3, -0.25) is 0 Å². The van der Waals surface area contributed by atoms with E-state index in [9.17, 15) is 8.42 Å². The molecule has 0 aliphatic carbocycles. The predicted octanol–water partition coefficient (Wildman–Crippen LogP) is 12.6. The van der Waals surface area contributed by atoms with Gasteiger partial charge < -0.3 is 16.4 Å². The summed E-state index contributed by atoms with van der Waals surface area (Å²) >= 11 is 43.6. The van der Waals surface area contributed by atoms with Crippen molar-refractivity contribution in [3.63, 3.8) is 0 Å². The molecule has 4 N–H and O–H groups in total. The van der Waals surface area contributed by atoms with Gasteiger partial charge in [0.15, 0.2) is 26.6 Å². The fraction of sp³-hybridized carbons (Fsp3) is 0.231. The monoisotopic (exact) mass is 1000 g/mol. The lowest BCUT2D eigenvalue weighted by Gasteiger charge is -2.20. The molecule has 6 heterocycles. The zero-order valence-electron chi connectivity index (χ0n) is 31.2. The van der Waals surface area contributed by atoms with Crippen LogP contribution in [0.5, 0.6) is 0 Å². The molecule has 0 amide bonds. The van der Waals surface area contributed by atoms with E-state index < -0.39 is 9.84 Å². The molecule has 9 rings (SSSR count). The molecule has 3 aliphatic rings. The van der Waals surface area contributed by atoms with Crippen molar-refractivity contribution >= 4 is 143 Å². The SMILES string of the molecule is Clc1ncc(Cl)c(Cl)n1.Clc1ncc(Cl)c(Nc2cccc3c2SCCC3)n1.Nc1cccc2c1SCCC2.O=S1(=O)CCCc2cccc(Nc3nc(Cl)ncc3Cl)c21. The summed E-state index contributed by atoms with van der Waals surface area (Å²) in [4.78, 5) is 25.8. The molecule has 0 saturated carbocycles. The first-order valence-electron chi connectivity index (χ1n) is 18.1. The summed E-state index contributed by atoms with van der Waals surface area (Å²) in [5, 5.41) is 7.74. The molecule has 0 atom stereocenters. The third kappa shape index (κ3) is 12.6. The highest BCUT2D eigenvalue weighted by Crippen LogP contribution is 2.39. The normalized spacial score (nSPS) is 14.5. The Morgan fingerprint density at radius 1 is 0.567 bits per heavy atom. The number of anilines is 5. The molecule has 0 fully saturated rings. The number of rotatable bonds is 4. The molecule has 314 valence electrons. The topological polar surface area (TPSA) is 162 Å². The van der Waals surface area contributed by atoms with Crippen molar-refractivity contribution in [1.82, 2.24) is 29.9 Å². The van der Waals surface area contributed by atoms with Crippen LogP contribution in [0.1, 0.15) is 36.0 Å². The fourth-order valence-corrected chi connectivity index (χ4v) is 11.0. The van der Waals surface area contributed by atoms with Crippen LogP contribution in [0.4, 0.5) is 28.7 Å². The largest absolute Gasteiger partial charge is 0.398 e. The van der Waals surface area contributed by atoms with Crippen LogP contribution in [-0.2, 0) is 29.1 Å². The summed E-state index contributed by atoms with van der Waals surface area (Å²) < 4.78 is 24.6. The maximum Gasteiger partial charge on any atom is 0.224 e. The van der Waals surface area contributed by atoms with Crippen LogP contribution in [0.2, 0.25) is 36.1 Å². The number of benzene rings is 3. The van der Waals surface area contributed by atoms with Crippen molar-refractivity contribution in [2.75, 3.05) is 33.6 Å². The Balaban J connectivity index is 0.000000141. The average molecular weight is 1010 g/mol. The third-order valence-corrected chi connectivity index (χ3v) is 15.0. The number of aryl methyl sites for hydroxylation is 3. The molecule has 3 aliphatic heterocycles. The summed E-state index contributed by atoms with van der Waals surface area (Å²) in [6.07, 6.45) is 10.4. The van der Waals surface area contributed by atoms with Crippen LogP contribution >= 0.6 is 105 Å². The van der Waals surface area contributed by atoms with Gasteiger partial charge in [0.25, 0.3) is 0 Å². The second-order valence-corrected chi connectivity index (χ2v) is 19.8. The van der Waals surface area contributed by atoms with Crippen LogP contribution in [0.25, 0.3) is 0 Å². The Bertz CT molecular complexity index is 2590. The number of aromatic nitrogens is 6. The fourth-order valence-electron chi connectivity index (χ4n) is 6.15. The highest BCUT2D eigenvalue weighted by atomic mass is 35.5. The molecule has 11 nitrogen and oxygen atoms in total. The van der Waals surface area contributed by atoms with Crippen LogP contribution in [0.3, 0.4) is 0 Å². The van der Waals surface area contributed by atoms with Crippen LogP contribution in [-0.4, -0.2) is 55.6 Å². The molecule has 60 heavy (non-hydrogen) atoms. The van der Waals surface area contributed by atoms with Crippen molar-refractivity contribution in [1.29, 1.82) is 0 Å². The van der Waals surface area contributed by atoms with Gasteiger partial charge in [-0.25, -0.2) is 28.4 Å². The summed E-state index contributed by atoms with van der Waals surface area (Å²) in [5.41, 5.74) is 11.9. The standard InChI is InChI=1S/C13H11Cl2N3O2S.C13H11Cl2N3S.C9H11NS.C4HCl3N2/c14-9-7-16-13(15)18-12(9)17-10-5-1-3-8-4-2-6-21(19,20)11(8)10;14-9-7-16-13(15)18-12(9)17-10-5-1-3-8-4-2-6-19-11(8)10;10-8-5-1-3-7-4-2-6-11-9(7)8;5-2-1-8-4(7)9-3(2)6/h1,3,5,7H,2,4,6H2,(H,16,17,18);1,3,5,7H,2,4,6H2,(H,16,17,18);1,3,5H,2,4,6,10H2;1H. The van der Waals surface area contributed by atoms with Crippen LogP contribution < -0.4 is 16.4 Å². The minimum Gasteiger partial charge on any atom is -0.398 e. The number of nitrogens with one attached hydrogen (secondary N) is 2. The number of nitrogens with zero attached hydrogens (tertiary/aromatic N) is 6. The summed E-state index contributed by atoms with van der Waals surface area (Å²) in [5.74, 6) is 3.34. The smallest absolute Gasteiger partial charge is 0.224 e. The van der Waals surface area contributed by atoms with E-state index in [-0.39, 0.29) is 37.6 Å². The zero-order chi connectivity index (χ0) is 42.8. The molecule has 0 spiro atoms. The third-order valence-electron chi connectivity index (χ3n) is 8.77. The Morgan fingerprint density at radius 3 is 1.63 bits per heavy atom. The molecule has 3 aromatic carbocycles. The predicted molar refractivity (Wildman–Crippen MR) is 250 cm³/mol. The zero-order valence-corrected chi connectivity index (χ0v) is 39.0. The highest BCUT2D eigenvalue weighted by Gasteiger charge is 2.27. The summed E-state index contributed by atoms with van der Waals surface area (Å²) in [6.45, 7) is 0. The molecule has 21 heteroatoms. The van der Waals surface area contributed by atoms with Crippen molar-refractivity contribution < 1.29 is 8.42 Å². The molecular formula is C39H34Cl7N9O2S3. The number of thioether (sulfide) groups is 2. The molecule has 0 bridgehead atoms. The van der Waals surface area contributed by atoms with Crippen LogP contribution in [0.15, 0.2) is 87.9 Å². The van der Waals surface area contributed by atoms with E-state index in [1.165, 1.54) is 64.5 Å². The summed E-state index contributed by atoms with van der Waals surface area (Å²) in [7, 11) is -3.30. The molecule has 0 radical (unpaired) electrons. The highest BCUT2D eigenvalue weighted by molar-refractivity contribution is 7.99. The quantitative estimate of drug-likeness (QED) is 0.0870. The first-order valence-corrected chi connectivity index (χ1v) is 24.4. The lowest BCUT2D eigenvalue weighted by atomic mass is 10.1. The van der Waals surface area contributed by atoms with E-state index in [0.29, 0.717) is 32.9 Å². The maximum atomic E-state index is 12.3. The Kier molecular flexibility index (Phi) is 16.9. The summed E-state index contributed by atoms with van der Waals surface area (Å²) in [6, 6.07) is 17.8. The Morgan fingerprint density at radius 2 is 1.05 bits per heavy atom. The van der Waals surface area contributed by atoms with Gasteiger partial charge in [-0.05, 0) is 120 Å². The molecule has 3 aromatic heterocycles. The van der Waals surface area contributed by atoms with Gasteiger partial charge in [0.05, 0.1) is 45.6 Å². The van der Waals surface area contributed by atoms with Gasteiger partial charge >= 0.3 is 0 Å². The number of sulfone groups is 1. The van der Waals surface area contributed by atoms with E-state index in [2.05, 4.69) is 52.7 Å². The molecule has 0 saturated heterocycles. The van der Waals surface area contributed by atoms with E-state index in [0.717, 1.165) is 35.5 Å². The molecule has 0 unspecified atom stereocenters. The van der Waals surface area contributed by atoms with Crippen molar-refractivity contribution in [3.8, 4) is 0 Å². The van der Waals surface area contributed by atoms with Gasteiger partial charge in [-0.1, -0.05) is 82.8 Å². The first kappa shape index (κ1) is 46.5. The first-order chi connectivity index (χ1) is 28.8. The van der Waals surface area contributed by atoms with Gasteiger partial charge in [0.1, 0.15) is 10.0 Å². The molecule has 6 aromatic rings. The number of halogens is 7. The second kappa shape index (κ2) is 21.9. The number of nitrogens with two attached hydrogens (primary N) is 1. The molecular weight excluding hydrogens is 971 g/mol. The van der Waals surface area contributed by atoms with Gasteiger partial charge in [0.2, 0.25) is 15.9 Å². The van der Waals surface area contributed by atoms with Gasteiger partial charge in [-0.2, -0.15) is 9.97 Å².